The Labute approximate surface area is 258 Å². The van der Waals surface area contributed by atoms with Crippen LogP contribution in [0.25, 0.3) is 0 Å². The van der Waals surface area contributed by atoms with Crippen LogP contribution in [0.4, 0.5) is 0 Å². The van der Waals surface area contributed by atoms with Crippen LogP contribution in [0.3, 0.4) is 0 Å². The number of nitrogens with one attached hydrogen (secondary N) is 4. The van der Waals surface area contributed by atoms with Gasteiger partial charge in [-0.2, -0.15) is 0 Å². The molecule has 2 heterocycles. The fourth-order valence-electron chi connectivity index (χ4n) is 3.58. The van der Waals surface area contributed by atoms with Gasteiger partial charge >= 0.3 is 0 Å². The molecule has 0 unspecified atom stereocenters. The third kappa shape index (κ3) is 7.58. The van der Waals surface area contributed by atoms with Crippen LogP contribution in [-0.2, 0) is 19.2 Å². The molecule has 4 rings (SSSR count). The highest BCUT2D eigenvalue weighted by molar-refractivity contribution is 8.29. The number of carbonyl (C=O) groups is 6. The number of hydrogen-bond donors (Lipinski definition) is 4. The Morgan fingerprint density at radius 3 is 1.31 bits per heavy atom. The Morgan fingerprint density at radius 1 is 0.595 bits per heavy atom. The van der Waals surface area contributed by atoms with Gasteiger partial charge in [-0.25, -0.2) is 0 Å². The van der Waals surface area contributed by atoms with E-state index in [0.717, 1.165) is 23.5 Å². The van der Waals surface area contributed by atoms with Gasteiger partial charge in [0.05, 0.1) is 9.81 Å². The second-order valence-corrected chi connectivity index (χ2v) is 11.8. The van der Waals surface area contributed by atoms with Crippen molar-refractivity contribution in [2.75, 3.05) is 13.1 Å². The quantitative estimate of drug-likeness (QED) is 0.190. The van der Waals surface area contributed by atoms with E-state index in [9.17, 15) is 28.8 Å². The van der Waals surface area contributed by atoms with Crippen LogP contribution in [0.5, 0.6) is 0 Å². The molecule has 2 fully saturated rings. The summed E-state index contributed by atoms with van der Waals surface area (Å²) >= 11 is 12.4. The highest BCUT2D eigenvalue weighted by Gasteiger charge is 2.42. The molecule has 6 amide bonds. The summed E-state index contributed by atoms with van der Waals surface area (Å²) in [6.07, 6.45) is -0.322. The van der Waals surface area contributed by atoms with E-state index in [1.54, 1.807) is 60.7 Å². The number of amides is 6. The van der Waals surface area contributed by atoms with Crippen LogP contribution >= 0.6 is 48.0 Å². The minimum Gasteiger partial charge on any atom is -0.292 e. The van der Waals surface area contributed by atoms with Crippen molar-refractivity contribution in [1.82, 2.24) is 31.5 Å². The number of nitrogens with zero attached hydrogens (tertiary/aromatic N) is 2. The molecule has 0 aliphatic carbocycles. The summed E-state index contributed by atoms with van der Waals surface area (Å²) in [5, 5.41) is 0. The highest BCUT2D eigenvalue weighted by atomic mass is 32.2. The van der Waals surface area contributed by atoms with Crippen molar-refractivity contribution in [3.8, 4) is 0 Å². The molecule has 0 spiro atoms. The van der Waals surface area contributed by atoms with Crippen molar-refractivity contribution in [3.63, 3.8) is 0 Å². The third-order valence-electron chi connectivity index (χ3n) is 5.73. The summed E-state index contributed by atoms with van der Waals surface area (Å²) in [4.78, 5) is 77.4. The van der Waals surface area contributed by atoms with E-state index in [4.69, 9.17) is 24.4 Å². The molecule has 2 aliphatic rings. The number of thioether (sulfide) groups is 2. The zero-order valence-electron chi connectivity index (χ0n) is 21.6. The van der Waals surface area contributed by atoms with Crippen molar-refractivity contribution in [1.29, 1.82) is 0 Å². The molecule has 16 heteroatoms. The Bertz CT molecular complexity index is 1390. The predicted octanol–water partition coefficient (Wildman–Crippen LogP) is 1.62. The van der Waals surface area contributed by atoms with Crippen molar-refractivity contribution in [2.24, 2.45) is 0 Å². The molecule has 0 radical (unpaired) electrons. The zero-order chi connectivity index (χ0) is 30.2. The zero-order valence-corrected chi connectivity index (χ0v) is 24.8. The standard InChI is InChI=1S/C26H22N6O6S4/c33-17(27-29-21(35)15-7-3-1-4-8-15)11-13-31-23(37)19(41-25(31)39)20-24(38)32(26(40)42-20)14-12-18(34)28-30-22(36)16-9-5-2-6-10-16/h1-10H,11-14H2,(H,27,33)(H,28,34)(H,29,35)(H,30,36)/b20-19+. The summed E-state index contributed by atoms with van der Waals surface area (Å²) in [5.74, 6) is -3.17. The third-order valence-corrected chi connectivity index (χ3v) is 8.76. The van der Waals surface area contributed by atoms with E-state index in [1.165, 1.54) is 9.80 Å². The Balaban J connectivity index is 1.27. The molecule has 0 bridgehead atoms. The predicted molar refractivity (Wildman–Crippen MR) is 164 cm³/mol. The summed E-state index contributed by atoms with van der Waals surface area (Å²) in [6.45, 7) is -0.146. The van der Waals surface area contributed by atoms with Crippen LogP contribution in [-0.4, -0.2) is 67.0 Å². The van der Waals surface area contributed by atoms with E-state index in [1.807, 2.05) is 0 Å². The molecule has 4 N–H and O–H groups in total. The first kappa shape index (κ1) is 30.8. The van der Waals surface area contributed by atoms with Gasteiger partial charge in [-0.1, -0.05) is 84.4 Å². The van der Waals surface area contributed by atoms with E-state index in [0.29, 0.717) is 11.1 Å². The minimum absolute atomic E-state index is 0.0730. The number of benzene rings is 2. The van der Waals surface area contributed by atoms with Gasteiger partial charge in [-0.3, -0.25) is 60.3 Å². The molecular weight excluding hydrogens is 621 g/mol. The molecule has 2 aromatic carbocycles. The lowest BCUT2D eigenvalue weighted by Crippen LogP contribution is -2.43. The van der Waals surface area contributed by atoms with Gasteiger partial charge in [-0.15, -0.1) is 0 Å². The van der Waals surface area contributed by atoms with Gasteiger partial charge in [0, 0.05) is 37.1 Å². The normalized spacial score (nSPS) is 16.5. The van der Waals surface area contributed by atoms with Crippen LogP contribution in [0.1, 0.15) is 33.6 Å². The monoisotopic (exact) mass is 642 g/mol. The fourth-order valence-corrected chi connectivity index (χ4v) is 6.36. The van der Waals surface area contributed by atoms with Gasteiger partial charge in [0.2, 0.25) is 11.8 Å². The number of hydrogen-bond acceptors (Lipinski definition) is 10. The van der Waals surface area contributed by atoms with Crippen molar-refractivity contribution in [3.05, 3.63) is 81.6 Å². The van der Waals surface area contributed by atoms with Crippen LogP contribution in [0, 0.1) is 0 Å². The largest absolute Gasteiger partial charge is 0.292 e. The minimum atomic E-state index is -0.548. The first-order valence-corrected chi connectivity index (χ1v) is 14.7. The van der Waals surface area contributed by atoms with E-state index in [2.05, 4.69) is 21.7 Å². The molecule has 0 atom stereocenters. The molecule has 0 aromatic heterocycles. The molecule has 216 valence electrons. The van der Waals surface area contributed by atoms with Crippen molar-refractivity contribution >= 4 is 92.0 Å². The smallest absolute Gasteiger partial charge is 0.269 e. The van der Waals surface area contributed by atoms with Crippen molar-refractivity contribution in [2.45, 2.75) is 12.8 Å². The van der Waals surface area contributed by atoms with Gasteiger partial charge in [0.15, 0.2) is 0 Å². The molecule has 2 aromatic rings. The maximum Gasteiger partial charge on any atom is 0.269 e. The van der Waals surface area contributed by atoms with Crippen LogP contribution < -0.4 is 21.7 Å². The van der Waals surface area contributed by atoms with Gasteiger partial charge < -0.3 is 0 Å². The molecule has 0 saturated carbocycles. The van der Waals surface area contributed by atoms with Gasteiger partial charge in [0.25, 0.3) is 23.6 Å². The summed E-state index contributed by atoms with van der Waals surface area (Å²) < 4.78 is 0.324. The van der Waals surface area contributed by atoms with Gasteiger partial charge in [-0.05, 0) is 24.3 Å². The maximum absolute atomic E-state index is 13.1. The number of carbonyl (C=O) groups excluding carboxylic acids is 6. The molecule has 12 nitrogen and oxygen atoms in total. The fraction of sp³-hybridized carbons (Fsp3) is 0.154. The second kappa shape index (κ2) is 14.2. The molecule has 2 aliphatic heterocycles. The van der Waals surface area contributed by atoms with Gasteiger partial charge in [0.1, 0.15) is 8.64 Å². The topological polar surface area (TPSA) is 157 Å². The van der Waals surface area contributed by atoms with E-state index >= 15 is 0 Å². The lowest BCUT2D eigenvalue weighted by atomic mass is 10.2. The SMILES string of the molecule is O=C(CCN1C(=O)/C(=C2\SC(=S)N(CCC(=O)NNC(=O)c3ccccc3)C2=O)SC1=S)NNC(=O)c1ccccc1. The van der Waals surface area contributed by atoms with Crippen LogP contribution in [0.15, 0.2) is 70.5 Å². The Kier molecular flexibility index (Phi) is 10.4. The molecule has 2 saturated heterocycles. The number of rotatable bonds is 8. The van der Waals surface area contributed by atoms with E-state index < -0.39 is 35.4 Å². The van der Waals surface area contributed by atoms with Crippen LogP contribution in [0.2, 0.25) is 0 Å². The number of hydrazine groups is 2. The summed E-state index contributed by atoms with van der Waals surface area (Å²) in [7, 11) is 0. The van der Waals surface area contributed by atoms with E-state index in [-0.39, 0.29) is 44.4 Å². The summed E-state index contributed by atoms with van der Waals surface area (Å²) in [6, 6.07) is 16.6. The average molecular weight is 643 g/mol. The first-order chi connectivity index (χ1) is 20.2. The maximum atomic E-state index is 13.1. The lowest BCUT2D eigenvalue weighted by Gasteiger charge is -2.15. The highest BCUT2D eigenvalue weighted by Crippen LogP contribution is 2.42. The van der Waals surface area contributed by atoms with Crippen molar-refractivity contribution < 1.29 is 28.8 Å². The summed E-state index contributed by atoms with van der Waals surface area (Å²) in [5.41, 5.74) is 9.91. The first-order valence-electron chi connectivity index (χ1n) is 12.3. The molecular formula is C26H22N6O6S4. The molecule has 42 heavy (non-hydrogen) atoms. The second-order valence-electron chi connectivity index (χ2n) is 8.54. The number of thiocarbonyl (C=S) groups is 2. The Hall–Kier alpha value is -4.12. The lowest BCUT2D eigenvalue weighted by molar-refractivity contribution is -0.126. The Morgan fingerprint density at radius 2 is 0.952 bits per heavy atom. The average Bonchev–Trinajstić information content (AvgIpc) is 3.45.